The van der Waals surface area contributed by atoms with Gasteiger partial charge in [-0.15, -0.1) is 0 Å². The van der Waals surface area contributed by atoms with E-state index in [2.05, 4.69) is 5.32 Å². The number of rotatable bonds is 5. The van der Waals surface area contributed by atoms with Gasteiger partial charge < -0.3 is 10.4 Å². The van der Waals surface area contributed by atoms with Crippen molar-refractivity contribution in [2.75, 3.05) is 0 Å². The highest BCUT2D eigenvalue weighted by molar-refractivity contribution is 6.35. The molecule has 0 radical (unpaired) electrons. The summed E-state index contributed by atoms with van der Waals surface area (Å²) in [5.41, 5.74) is 0.243. The summed E-state index contributed by atoms with van der Waals surface area (Å²) in [6, 6.07) is 3.46. The molecule has 0 fully saturated rings. The second-order valence-electron chi connectivity index (χ2n) is 4.65. The van der Waals surface area contributed by atoms with Gasteiger partial charge in [0, 0.05) is 15.6 Å². The fraction of sp³-hybridized carbons (Fsp3) is 0.385. The number of carbonyl (C=O) groups is 2. The molecule has 1 amide bonds. The van der Waals surface area contributed by atoms with Crippen molar-refractivity contribution in [3.05, 3.63) is 33.8 Å². The van der Waals surface area contributed by atoms with E-state index >= 15 is 0 Å². The molecule has 104 valence electrons. The van der Waals surface area contributed by atoms with Gasteiger partial charge in [0.05, 0.1) is 0 Å². The van der Waals surface area contributed by atoms with Crippen molar-refractivity contribution in [1.29, 1.82) is 0 Å². The standard InChI is InChI=1S/C13H15Cl2NO3/c1-7(2)3-11(13(18)19)16-12(17)8-4-9(14)6-10(15)5-8/h4-7,11H,3H2,1-2H3,(H,16,17)(H,18,19). The number of carbonyl (C=O) groups excluding carboxylic acids is 1. The Bertz CT molecular complexity index is 469. The Labute approximate surface area is 121 Å². The van der Waals surface area contributed by atoms with Crippen LogP contribution >= 0.6 is 23.2 Å². The molecule has 19 heavy (non-hydrogen) atoms. The van der Waals surface area contributed by atoms with Crippen LogP contribution in [0, 0.1) is 5.92 Å². The molecule has 1 rings (SSSR count). The summed E-state index contributed by atoms with van der Waals surface area (Å²) in [4.78, 5) is 23.0. The van der Waals surface area contributed by atoms with Crippen molar-refractivity contribution < 1.29 is 14.7 Å². The lowest BCUT2D eigenvalue weighted by molar-refractivity contribution is -0.139. The molecule has 0 bridgehead atoms. The molecule has 4 nitrogen and oxygen atoms in total. The van der Waals surface area contributed by atoms with E-state index in [1.54, 1.807) is 0 Å². The summed E-state index contributed by atoms with van der Waals surface area (Å²) in [5.74, 6) is -1.41. The smallest absolute Gasteiger partial charge is 0.326 e. The molecule has 0 saturated heterocycles. The molecule has 0 aliphatic carbocycles. The maximum absolute atomic E-state index is 12.0. The number of amides is 1. The summed E-state index contributed by atoms with van der Waals surface area (Å²) in [6.45, 7) is 3.77. The van der Waals surface area contributed by atoms with E-state index in [1.165, 1.54) is 18.2 Å². The van der Waals surface area contributed by atoms with Gasteiger partial charge in [-0.1, -0.05) is 37.0 Å². The first-order valence-corrected chi connectivity index (χ1v) is 6.55. The van der Waals surface area contributed by atoms with Crippen molar-refractivity contribution in [1.82, 2.24) is 5.32 Å². The van der Waals surface area contributed by atoms with Crippen molar-refractivity contribution in [2.24, 2.45) is 5.92 Å². The molecule has 0 saturated carbocycles. The van der Waals surface area contributed by atoms with Gasteiger partial charge in [-0.2, -0.15) is 0 Å². The van der Waals surface area contributed by atoms with Crippen LogP contribution in [0.25, 0.3) is 0 Å². The highest BCUT2D eigenvalue weighted by atomic mass is 35.5. The first-order chi connectivity index (χ1) is 8.79. The minimum atomic E-state index is -1.06. The Balaban J connectivity index is 2.84. The molecule has 0 aliphatic rings. The van der Waals surface area contributed by atoms with Gasteiger partial charge >= 0.3 is 5.97 Å². The number of hydrogen-bond acceptors (Lipinski definition) is 2. The van der Waals surface area contributed by atoms with Gasteiger partial charge in [0.1, 0.15) is 6.04 Å². The second-order valence-corrected chi connectivity index (χ2v) is 5.52. The van der Waals surface area contributed by atoms with Crippen LogP contribution in [-0.4, -0.2) is 23.0 Å². The number of aliphatic carboxylic acids is 1. The van der Waals surface area contributed by atoms with Gasteiger partial charge in [-0.25, -0.2) is 4.79 Å². The Kier molecular flexibility index (Phi) is 5.63. The Morgan fingerprint density at radius 2 is 1.74 bits per heavy atom. The number of benzene rings is 1. The normalized spacial score (nSPS) is 12.3. The fourth-order valence-corrected chi connectivity index (χ4v) is 2.15. The third-order valence-corrected chi connectivity index (χ3v) is 2.87. The lowest BCUT2D eigenvalue weighted by atomic mass is 10.0. The average molecular weight is 304 g/mol. The summed E-state index contributed by atoms with van der Waals surface area (Å²) >= 11 is 11.6. The Morgan fingerprint density at radius 1 is 1.21 bits per heavy atom. The number of carboxylic acid groups (broad SMARTS) is 1. The van der Waals surface area contributed by atoms with E-state index in [9.17, 15) is 9.59 Å². The van der Waals surface area contributed by atoms with Gasteiger partial charge in [-0.05, 0) is 30.5 Å². The van der Waals surface area contributed by atoms with E-state index in [1.807, 2.05) is 13.8 Å². The van der Waals surface area contributed by atoms with Crippen LogP contribution in [0.15, 0.2) is 18.2 Å². The zero-order valence-electron chi connectivity index (χ0n) is 10.6. The predicted molar refractivity (Wildman–Crippen MR) is 74.8 cm³/mol. The van der Waals surface area contributed by atoms with Crippen LogP contribution in [0.3, 0.4) is 0 Å². The number of hydrogen-bond donors (Lipinski definition) is 2. The molecule has 0 aliphatic heterocycles. The quantitative estimate of drug-likeness (QED) is 0.877. The predicted octanol–water partition coefficient (Wildman–Crippen LogP) is 3.22. The van der Waals surface area contributed by atoms with Crippen molar-refractivity contribution in [2.45, 2.75) is 26.3 Å². The topological polar surface area (TPSA) is 66.4 Å². The van der Waals surface area contributed by atoms with Crippen molar-refractivity contribution in [3.63, 3.8) is 0 Å². The van der Waals surface area contributed by atoms with Gasteiger partial charge in [0.2, 0.25) is 0 Å². The molecule has 0 heterocycles. The lowest BCUT2D eigenvalue weighted by Gasteiger charge is -2.16. The maximum atomic E-state index is 12.0. The van der Waals surface area contributed by atoms with Gasteiger partial charge in [0.15, 0.2) is 0 Å². The Morgan fingerprint density at radius 3 is 2.16 bits per heavy atom. The van der Waals surface area contributed by atoms with E-state index in [0.717, 1.165) is 0 Å². The van der Waals surface area contributed by atoms with Crippen LogP contribution in [0.1, 0.15) is 30.6 Å². The third kappa shape index (κ3) is 5.09. The highest BCUT2D eigenvalue weighted by Crippen LogP contribution is 2.19. The van der Waals surface area contributed by atoms with Gasteiger partial charge in [-0.3, -0.25) is 4.79 Å². The molecule has 6 heteroatoms. The largest absolute Gasteiger partial charge is 0.480 e. The number of carboxylic acids is 1. The number of nitrogens with one attached hydrogen (secondary N) is 1. The van der Waals surface area contributed by atoms with E-state index < -0.39 is 17.9 Å². The SMILES string of the molecule is CC(C)CC(NC(=O)c1cc(Cl)cc(Cl)c1)C(=O)O. The first-order valence-electron chi connectivity index (χ1n) is 5.79. The monoisotopic (exact) mass is 303 g/mol. The summed E-state index contributed by atoms with van der Waals surface area (Å²) in [7, 11) is 0. The van der Waals surface area contributed by atoms with Crippen molar-refractivity contribution in [3.8, 4) is 0 Å². The van der Waals surface area contributed by atoms with Gasteiger partial charge in [0.25, 0.3) is 5.91 Å². The Hall–Kier alpha value is -1.26. The zero-order chi connectivity index (χ0) is 14.6. The van der Waals surface area contributed by atoms with Crippen LogP contribution in [0.5, 0.6) is 0 Å². The molecule has 1 unspecified atom stereocenters. The molecule has 0 spiro atoms. The van der Waals surface area contributed by atoms with Crippen LogP contribution in [0.4, 0.5) is 0 Å². The average Bonchev–Trinajstić information content (AvgIpc) is 2.25. The minimum absolute atomic E-state index is 0.157. The maximum Gasteiger partial charge on any atom is 0.326 e. The molecule has 1 aromatic rings. The third-order valence-electron chi connectivity index (χ3n) is 2.44. The molecule has 0 aromatic heterocycles. The summed E-state index contributed by atoms with van der Waals surface area (Å²) < 4.78 is 0. The van der Waals surface area contributed by atoms with E-state index in [0.29, 0.717) is 16.5 Å². The fourth-order valence-electron chi connectivity index (χ4n) is 1.62. The second kappa shape index (κ2) is 6.78. The molecule has 2 N–H and O–H groups in total. The van der Waals surface area contributed by atoms with E-state index in [4.69, 9.17) is 28.3 Å². The van der Waals surface area contributed by atoms with Crippen LogP contribution in [0.2, 0.25) is 10.0 Å². The number of halogens is 2. The van der Waals surface area contributed by atoms with Crippen molar-refractivity contribution >= 4 is 35.1 Å². The zero-order valence-corrected chi connectivity index (χ0v) is 12.1. The summed E-state index contributed by atoms with van der Waals surface area (Å²) in [5, 5.41) is 12.2. The molecular formula is C13H15Cl2NO3. The molecular weight excluding hydrogens is 289 g/mol. The van der Waals surface area contributed by atoms with Crippen LogP contribution in [-0.2, 0) is 4.79 Å². The highest BCUT2D eigenvalue weighted by Gasteiger charge is 2.22. The minimum Gasteiger partial charge on any atom is -0.480 e. The molecule has 1 atom stereocenters. The van der Waals surface area contributed by atoms with Crippen LogP contribution < -0.4 is 5.32 Å². The first kappa shape index (κ1) is 15.8. The molecule has 1 aromatic carbocycles. The lowest BCUT2D eigenvalue weighted by Crippen LogP contribution is -2.41. The van der Waals surface area contributed by atoms with E-state index in [-0.39, 0.29) is 11.5 Å². The summed E-state index contributed by atoms with van der Waals surface area (Å²) in [6.07, 6.45) is 0.357.